The van der Waals surface area contributed by atoms with Crippen LogP contribution in [0.4, 0.5) is 0 Å². The van der Waals surface area contributed by atoms with Crippen molar-refractivity contribution in [3.05, 3.63) is 54.1 Å². The van der Waals surface area contributed by atoms with Crippen LogP contribution in [-0.2, 0) is 7.05 Å². The van der Waals surface area contributed by atoms with Crippen LogP contribution >= 0.6 is 0 Å². The Balaban J connectivity index is 1.59. The zero-order valence-electron chi connectivity index (χ0n) is 16.9. The lowest BCUT2D eigenvalue weighted by atomic mass is 9.98. The van der Waals surface area contributed by atoms with E-state index in [0.29, 0.717) is 12.1 Å². The molecule has 5 rings (SSSR count). The Bertz CT molecular complexity index is 1040. The maximum absolute atomic E-state index is 13.6. The van der Waals surface area contributed by atoms with Crippen molar-refractivity contribution < 1.29 is 9.53 Å². The number of rotatable bonds is 4. The molecule has 5 nitrogen and oxygen atoms in total. The lowest BCUT2D eigenvalue weighted by Crippen LogP contribution is -2.48. The van der Waals surface area contributed by atoms with Gasteiger partial charge in [0, 0.05) is 36.1 Å². The molecule has 1 unspecified atom stereocenters. The topological polar surface area (TPSA) is 55.3 Å². The fourth-order valence-corrected chi connectivity index (χ4v) is 5.15. The van der Waals surface area contributed by atoms with Gasteiger partial charge in [-0.15, -0.1) is 0 Å². The Morgan fingerprint density at radius 2 is 1.83 bits per heavy atom. The Kier molecular flexibility index (Phi) is 4.55. The lowest BCUT2D eigenvalue weighted by Gasteiger charge is -2.29. The highest BCUT2D eigenvalue weighted by molar-refractivity contribution is 6.13. The van der Waals surface area contributed by atoms with Gasteiger partial charge in [-0.25, -0.2) is 0 Å². The van der Waals surface area contributed by atoms with E-state index in [1.165, 1.54) is 12.8 Å². The second kappa shape index (κ2) is 7.23. The van der Waals surface area contributed by atoms with Crippen LogP contribution in [0.5, 0.6) is 5.75 Å². The van der Waals surface area contributed by atoms with Gasteiger partial charge in [-0.05, 0) is 49.4 Å². The number of nitrogens with zero attached hydrogens (tertiary/aromatic N) is 1. The second-order valence-electron chi connectivity index (χ2n) is 8.31. The molecule has 0 saturated carbocycles. The van der Waals surface area contributed by atoms with Crippen molar-refractivity contribution in [2.24, 2.45) is 7.05 Å². The third-order valence-corrected chi connectivity index (χ3v) is 6.49. The summed E-state index contributed by atoms with van der Waals surface area (Å²) in [6, 6.07) is 17.4. The van der Waals surface area contributed by atoms with E-state index in [-0.39, 0.29) is 11.9 Å². The number of nitrogens with one attached hydrogen (secondary N) is 2. The molecule has 2 aromatic carbocycles. The van der Waals surface area contributed by atoms with E-state index in [1.54, 1.807) is 7.11 Å². The largest absolute Gasteiger partial charge is 0.497 e. The number of carbonyl (C=O) groups is 1. The molecule has 2 N–H and O–H groups in total. The van der Waals surface area contributed by atoms with E-state index in [9.17, 15) is 4.79 Å². The van der Waals surface area contributed by atoms with Crippen LogP contribution in [-0.4, -0.2) is 35.7 Å². The molecule has 3 heterocycles. The third-order valence-electron chi connectivity index (χ3n) is 6.49. The molecule has 2 aliphatic rings. The molecule has 2 saturated heterocycles. The molecular formula is C24H27N3O2. The standard InChI is InChI=1S/C24H27N3O2/c1-27-21-11-10-19(29-2)14-20(21)22(23(27)15-6-4-3-5-7-15)24(28)26-18-12-16-8-9-17(13-18)25-16/h3-7,10-11,14,16-18,25H,8-9,12-13H2,1-2H3,(H,26,28)/t16-,17+,18?. The van der Waals surface area contributed by atoms with Crippen LogP contribution in [0.1, 0.15) is 36.0 Å². The van der Waals surface area contributed by atoms with Gasteiger partial charge in [-0.3, -0.25) is 4.79 Å². The van der Waals surface area contributed by atoms with Crippen LogP contribution in [0.15, 0.2) is 48.5 Å². The molecular weight excluding hydrogens is 362 g/mol. The van der Waals surface area contributed by atoms with Crippen molar-refractivity contribution in [1.82, 2.24) is 15.2 Å². The van der Waals surface area contributed by atoms with Crippen molar-refractivity contribution in [1.29, 1.82) is 0 Å². The monoisotopic (exact) mass is 389 g/mol. The van der Waals surface area contributed by atoms with Gasteiger partial charge in [0.15, 0.2) is 0 Å². The molecule has 0 spiro atoms. The molecule has 29 heavy (non-hydrogen) atoms. The number of aryl methyl sites for hydroxylation is 1. The average molecular weight is 389 g/mol. The van der Waals surface area contributed by atoms with Gasteiger partial charge in [0.2, 0.25) is 0 Å². The summed E-state index contributed by atoms with van der Waals surface area (Å²) in [6.45, 7) is 0. The van der Waals surface area contributed by atoms with E-state index >= 15 is 0 Å². The number of hydrogen-bond acceptors (Lipinski definition) is 3. The molecule has 150 valence electrons. The minimum absolute atomic E-state index is 0.00834. The van der Waals surface area contributed by atoms with Gasteiger partial charge in [-0.2, -0.15) is 0 Å². The first-order valence-electron chi connectivity index (χ1n) is 10.4. The maximum atomic E-state index is 13.6. The molecule has 0 aliphatic carbocycles. The Labute approximate surface area is 171 Å². The fourth-order valence-electron chi connectivity index (χ4n) is 5.15. The van der Waals surface area contributed by atoms with Gasteiger partial charge in [0.05, 0.1) is 18.4 Å². The molecule has 2 fully saturated rings. The summed E-state index contributed by atoms with van der Waals surface area (Å²) in [6.07, 6.45) is 4.46. The number of methoxy groups -OCH3 is 1. The Morgan fingerprint density at radius 1 is 1.10 bits per heavy atom. The second-order valence-corrected chi connectivity index (χ2v) is 8.31. The number of hydrogen-bond donors (Lipinski definition) is 2. The number of aromatic nitrogens is 1. The van der Waals surface area contributed by atoms with Gasteiger partial charge in [-0.1, -0.05) is 30.3 Å². The number of carbonyl (C=O) groups excluding carboxylic acids is 1. The van der Waals surface area contributed by atoms with Crippen molar-refractivity contribution in [3.63, 3.8) is 0 Å². The SMILES string of the molecule is COc1ccc2c(c1)c(C(=O)NC1C[C@H]3CC[C@@H](C1)N3)c(-c1ccccc1)n2C. The number of ether oxygens (including phenoxy) is 1. The molecule has 0 radical (unpaired) electrons. The summed E-state index contributed by atoms with van der Waals surface area (Å²) >= 11 is 0. The van der Waals surface area contributed by atoms with Gasteiger partial charge in [0.1, 0.15) is 5.75 Å². The van der Waals surface area contributed by atoms with Gasteiger partial charge >= 0.3 is 0 Å². The molecule has 2 bridgehead atoms. The van der Waals surface area contributed by atoms with E-state index in [1.807, 2.05) is 43.4 Å². The van der Waals surface area contributed by atoms with Crippen LogP contribution in [0.3, 0.4) is 0 Å². The zero-order chi connectivity index (χ0) is 20.0. The zero-order valence-corrected chi connectivity index (χ0v) is 16.9. The molecule has 1 amide bonds. The van der Waals surface area contributed by atoms with E-state index in [0.717, 1.165) is 46.3 Å². The summed E-state index contributed by atoms with van der Waals surface area (Å²) in [7, 11) is 3.69. The predicted octanol–water partition coefficient (Wildman–Crippen LogP) is 3.87. The third kappa shape index (κ3) is 3.19. The predicted molar refractivity (Wildman–Crippen MR) is 115 cm³/mol. The smallest absolute Gasteiger partial charge is 0.254 e. The molecule has 3 aromatic rings. The molecule has 3 atom stereocenters. The summed E-state index contributed by atoms with van der Waals surface area (Å²) in [5.74, 6) is 0.769. The van der Waals surface area contributed by atoms with Crippen molar-refractivity contribution >= 4 is 16.8 Å². The van der Waals surface area contributed by atoms with Gasteiger partial charge in [0.25, 0.3) is 5.91 Å². The minimum atomic E-state index is 0.00834. The minimum Gasteiger partial charge on any atom is -0.497 e. The number of fused-ring (bicyclic) bond motifs is 3. The van der Waals surface area contributed by atoms with Crippen LogP contribution in [0.25, 0.3) is 22.2 Å². The van der Waals surface area contributed by atoms with Crippen molar-refractivity contribution in [2.45, 2.75) is 43.8 Å². The van der Waals surface area contributed by atoms with Crippen molar-refractivity contribution in [2.75, 3.05) is 7.11 Å². The first-order chi connectivity index (χ1) is 14.1. The van der Waals surface area contributed by atoms with Crippen molar-refractivity contribution in [3.8, 4) is 17.0 Å². The first-order valence-corrected chi connectivity index (χ1v) is 10.4. The number of piperidine rings is 1. The van der Waals surface area contributed by atoms with E-state index in [4.69, 9.17) is 4.74 Å². The normalized spacial score (nSPS) is 23.3. The highest BCUT2D eigenvalue weighted by Crippen LogP contribution is 2.35. The average Bonchev–Trinajstić information content (AvgIpc) is 3.24. The molecule has 1 aromatic heterocycles. The summed E-state index contributed by atoms with van der Waals surface area (Å²) in [5.41, 5.74) is 3.75. The van der Waals surface area contributed by atoms with Crippen LogP contribution < -0.4 is 15.4 Å². The summed E-state index contributed by atoms with van der Waals surface area (Å²) in [4.78, 5) is 13.6. The Morgan fingerprint density at radius 3 is 2.52 bits per heavy atom. The quantitative estimate of drug-likeness (QED) is 0.712. The molecule has 5 heteroatoms. The highest BCUT2D eigenvalue weighted by atomic mass is 16.5. The first kappa shape index (κ1) is 18.3. The summed E-state index contributed by atoms with van der Waals surface area (Å²) < 4.78 is 7.57. The highest BCUT2D eigenvalue weighted by Gasteiger charge is 2.35. The Hall–Kier alpha value is -2.79. The molecule has 2 aliphatic heterocycles. The maximum Gasteiger partial charge on any atom is 0.254 e. The van der Waals surface area contributed by atoms with Crippen LogP contribution in [0.2, 0.25) is 0 Å². The van der Waals surface area contributed by atoms with Gasteiger partial charge < -0.3 is 19.9 Å². The lowest BCUT2D eigenvalue weighted by molar-refractivity contribution is 0.0926. The summed E-state index contributed by atoms with van der Waals surface area (Å²) in [5, 5.41) is 7.93. The van der Waals surface area contributed by atoms with Crippen LogP contribution in [0, 0.1) is 0 Å². The fraction of sp³-hybridized carbons (Fsp3) is 0.375. The van der Waals surface area contributed by atoms with E-state index < -0.39 is 0 Å². The number of amides is 1. The van der Waals surface area contributed by atoms with E-state index in [2.05, 4.69) is 27.3 Å². The number of benzene rings is 2.